The molecule has 4 heterocycles. The number of Topliss-reactive ketones (excluding diaryl/α,β-unsaturated/α-hetero) is 1. The standard InChI is InChI=1S/C23H31NO5/c1-18(2)8-5-9-20-11-27-23(15(25)14(18)20)22-13(20)7-6-12(21(10-24-21)17(22)26)16(22)28-19(3,4)29-23/h5,9,12-16,24-25H,6-8,10-11H2,1-4H3/t12-,13?,14?,15+,16-,20-,21?,22-,23+/m1/s1. The van der Waals surface area contributed by atoms with E-state index in [1.807, 2.05) is 13.8 Å². The molecule has 3 saturated carbocycles. The maximum Gasteiger partial charge on any atom is 0.213 e. The van der Waals surface area contributed by atoms with Crippen molar-refractivity contribution in [3.05, 3.63) is 12.2 Å². The van der Waals surface area contributed by atoms with Gasteiger partial charge in [0.15, 0.2) is 11.6 Å². The van der Waals surface area contributed by atoms with Gasteiger partial charge in [0, 0.05) is 23.8 Å². The topological polar surface area (TPSA) is 86.9 Å². The van der Waals surface area contributed by atoms with Gasteiger partial charge < -0.3 is 24.6 Å². The third kappa shape index (κ3) is 1.53. The molecule has 0 aromatic carbocycles. The van der Waals surface area contributed by atoms with Crippen molar-refractivity contribution in [2.75, 3.05) is 13.2 Å². The van der Waals surface area contributed by atoms with Crippen molar-refractivity contribution < 1.29 is 24.1 Å². The second kappa shape index (κ2) is 4.53. The van der Waals surface area contributed by atoms with E-state index in [4.69, 9.17) is 14.2 Å². The summed E-state index contributed by atoms with van der Waals surface area (Å²) in [5.41, 5.74) is -1.91. The van der Waals surface area contributed by atoms with Gasteiger partial charge >= 0.3 is 0 Å². The molecule has 4 saturated heterocycles. The van der Waals surface area contributed by atoms with Crippen LogP contribution in [0.5, 0.6) is 0 Å². The highest BCUT2D eigenvalue weighted by Gasteiger charge is 2.92. The smallest absolute Gasteiger partial charge is 0.213 e. The Morgan fingerprint density at radius 1 is 1.21 bits per heavy atom. The summed E-state index contributed by atoms with van der Waals surface area (Å²) in [5, 5.41) is 15.4. The van der Waals surface area contributed by atoms with Crippen LogP contribution in [0.4, 0.5) is 0 Å². The number of ketones is 1. The van der Waals surface area contributed by atoms with Gasteiger partial charge in [0.25, 0.3) is 0 Å². The average Bonchev–Trinajstić information content (AvgIpc) is 3.41. The Labute approximate surface area is 171 Å². The fourth-order valence-corrected chi connectivity index (χ4v) is 9.16. The van der Waals surface area contributed by atoms with Crippen LogP contribution in [0.15, 0.2) is 12.2 Å². The minimum atomic E-state index is -1.33. The van der Waals surface area contributed by atoms with Crippen molar-refractivity contribution in [3.63, 3.8) is 0 Å². The Hall–Kier alpha value is -0.790. The number of allylic oxidation sites excluding steroid dienone is 1. The van der Waals surface area contributed by atoms with Crippen LogP contribution in [-0.2, 0) is 19.0 Å². The average molecular weight is 402 g/mol. The van der Waals surface area contributed by atoms with Gasteiger partial charge in [-0.2, -0.15) is 0 Å². The highest BCUT2D eigenvalue weighted by molar-refractivity contribution is 6.02. The van der Waals surface area contributed by atoms with Crippen LogP contribution in [0.1, 0.15) is 47.0 Å². The minimum Gasteiger partial charge on any atom is -0.387 e. The molecule has 0 amide bonds. The van der Waals surface area contributed by atoms with Crippen molar-refractivity contribution in [2.24, 2.45) is 34.0 Å². The first kappa shape index (κ1) is 17.8. The lowest BCUT2D eigenvalue weighted by Gasteiger charge is -2.76. The normalized spacial score (nSPS) is 62.1. The Morgan fingerprint density at radius 3 is 2.69 bits per heavy atom. The second-order valence-electron chi connectivity index (χ2n) is 11.9. The molecule has 7 fully saturated rings. The van der Waals surface area contributed by atoms with Gasteiger partial charge in [-0.15, -0.1) is 0 Å². The lowest BCUT2D eigenvalue weighted by molar-refractivity contribution is -0.524. The van der Waals surface area contributed by atoms with Crippen LogP contribution in [0.3, 0.4) is 0 Å². The van der Waals surface area contributed by atoms with E-state index in [0.29, 0.717) is 13.2 Å². The number of carbonyl (C=O) groups is 1. The lowest BCUT2D eigenvalue weighted by Crippen LogP contribution is -2.86. The van der Waals surface area contributed by atoms with E-state index < -0.39 is 28.6 Å². The molecule has 4 aliphatic carbocycles. The number of nitrogens with one attached hydrogen (secondary N) is 1. The summed E-state index contributed by atoms with van der Waals surface area (Å²) in [5.74, 6) is -1.89. The number of fused-ring (bicyclic) bond motifs is 2. The molecular weight excluding hydrogens is 370 g/mol. The van der Waals surface area contributed by atoms with Gasteiger partial charge in [-0.05, 0) is 44.4 Å². The molecule has 4 spiro atoms. The van der Waals surface area contributed by atoms with Crippen LogP contribution >= 0.6 is 0 Å². The molecule has 4 bridgehead atoms. The van der Waals surface area contributed by atoms with E-state index in [2.05, 4.69) is 31.3 Å². The largest absolute Gasteiger partial charge is 0.387 e. The Balaban J connectivity index is 1.55. The van der Waals surface area contributed by atoms with Crippen molar-refractivity contribution in [3.8, 4) is 0 Å². The third-order valence-electron chi connectivity index (χ3n) is 9.87. The summed E-state index contributed by atoms with van der Waals surface area (Å²) < 4.78 is 19.7. The number of aliphatic hydroxyl groups is 1. The predicted molar refractivity (Wildman–Crippen MR) is 103 cm³/mol. The summed E-state index contributed by atoms with van der Waals surface area (Å²) in [6.07, 6.45) is 6.23. The molecule has 6 heteroatoms. The number of rotatable bonds is 0. The van der Waals surface area contributed by atoms with Crippen LogP contribution in [-0.4, -0.2) is 53.4 Å². The molecule has 8 aliphatic rings. The number of carbonyl (C=O) groups excluding carboxylic acids is 1. The predicted octanol–water partition coefficient (Wildman–Crippen LogP) is 1.76. The van der Waals surface area contributed by atoms with Gasteiger partial charge in [0.1, 0.15) is 11.5 Å². The fraction of sp³-hybridized carbons (Fsp3) is 0.870. The van der Waals surface area contributed by atoms with Crippen LogP contribution in [0, 0.1) is 34.0 Å². The number of hydrogen-bond acceptors (Lipinski definition) is 6. The summed E-state index contributed by atoms with van der Waals surface area (Å²) in [6, 6.07) is 0. The maximum absolute atomic E-state index is 14.3. The third-order valence-corrected chi connectivity index (χ3v) is 9.87. The zero-order chi connectivity index (χ0) is 20.2. The molecule has 2 N–H and O–H groups in total. The summed E-state index contributed by atoms with van der Waals surface area (Å²) in [4.78, 5) is 14.3. The van der Waals surface area contributed by atoms with E-state index in [0.717, 1.165) is 19.3 Å². The molecule has 158 valence electrons. The van der Waals surface area contributed by atoms with Gasteiger partial charge in [0.2, 0.25) is 5.79 Å². The zero-order valence-corrected chi connectivity index (χ0v) is 17.7. The molecule has 0 aromatic heterocycles. The van der Waals surface area contributed by atoms with Crippen molar-refractivity contribution >= 4 is 5.78 Å². The lowest BCUT2D eigenvalue weighted by atomic mass is 9.37. The van der Waals surface area contributed by atoms with Gasteiger partial charge in [-0.25, -0.2) is 0 Å². The van der Waals surface area contributed by atoms with E-state index in [-0.39, 0.29) is 40.5 Å². The highest BCUT2D eigenvalue weighted by Crippen LogP contribution is 2.79. The fourth-order valence-electron chi connectivity index (χ4n) is 9.16. The van der Waals surface area contributed by atoms with Crippen molar-refractivity contribution in [2.45, 2.75) is 76.3 Å². The van der Waals surface area contributed by atoms with Crippen LogP contribution in [0.2, 0.25) is 0 Å². The van der Waals surface area contributed by atoms with Crippen molar-refractivity contribution in [1.29, 1.82) is 0 Å². The van der Waals surface area contributed by atoms with E-state index in [1.165, 1.54) is 0 Å². The number of aliphatic hydroxyl groups excluding tert-OH is 1. The van der Waals surface area contributed by atoms with Gasteiger partial charge in [-0.3, -0.25) is 4.79 Å². The molecule has 0 radical (unpaired) electrons. The van der Waals surface area contributed by atoms with E-state index in [9.17, 15) is 9.90 Å². The SMILES string of the molecule is CC1(C)O[C@@H]2[C@H]3CCC4[C@]56C=CCC(C)(C)C5[C@H](O)[C@](OC6)(O1)[C@]42C(=O)C31CN1. The van der Waals surface area contributed by atoms with Gasteiger partial charge in [-0.1, -0.05) is 26.0 Å². The summed E-state index contributed by atoms with van der Waals surface area (Å²) >= 11 is 0. The van der Waals surface area contributed by atoms with E-state index >= 15 is 0 Å². The van der Waals surface area contributed by atoms with E-state index in [1.54, 1.807) is 0 Å². The van der Waals surface area contributed by atoms with Crippen LogP contribution in [0.25, 0.3) is 0 Å². The molecule has 29 heavy (non-hydrogen) atoms. The Bertz CT molecular complexity index is 876. The summed E-state index contributed by atoms with van der Waals surface area (Å²) in [7, 11) is 0. The maximum atomic E-state index is 14.3. The monoisotopic (exact) mass is 401 g/mol. The molecule has 0 aromatic rings. The van der Waals surface area contributed by atoms with Gasteiger partial charge in [0.05, 0.1) is 18.2 Å². The number of ether oxygens (including phenoxy) is 3. The first-order valence-electron chi connectivity index (χ1n) is 11.3. The summed E-state index contributed by atoms with van der Waals surface area (Å²) in [6.45, 7) is 9.48. The number of hydrogen-bond donors (Lipinski definition) is 2. The molecule has 8 rings (SSSR count). The molecule has 3 unspecified atom stereocenters. The quantitative estimate of drug-likeness (QED) is 0.475. The zero-order valence-electron chi connectivity index (χ0n) is 17.7. The second-order valence-corrected chi connectivity index (χ2v) is 11.9. The highest BCUT2D eigenvalue weighted by atomic mass is 16.8. The molecule has 9 atom stereocenters. The first-order chi connectivity index (χ1) is 13.6. The molecule has 6 nitrogen and oxygen atoms in total. The molecule has 4 aliphatic heterocycles. The minimum absolute atomic E-state index is 0.00742. The molecular formula is C23H31NO5. The Morgan fingerprint density at radius 2 is 1.97 bits per heavy atom. The first-order valence-corrected chi connectivity index (χ1v) is 11.3. The van der Waals surface area contributed by atoms with Crippen molar-refractivity contribution in [1.82, 2.24) is 5.32 Å². The Kier molecular flexibility index (Phi) is 2.79. The van der Waals surface area contributed by atoms with Crippen LogP contribution < -0.4 is 5.32 Å².